The van der Waals surface area contributed by atoms with E-state index in [1.807, 2.05) is 31.3 Å². The van der Waals surface area contributed by atoms with Gasteiger partial charge in [-0.1, -0.05) is 25.6 Å². The van der Waals surface area contributed by atoms with Crippen molar-refractivity contribution >= 4 is 22.4 Å². The largest absolute Gasteiger partial charge is 0.506 e. The molecule has 4 heteroatoms. The molecule has 0 bridgehead atoms. The molecule has 0 aliphatic heterocycles. The molecule has 106 valence electrons. The maximum atomic E-state index is 10.3. The number of nitrogens with one attached hydrogen (secondary N) is 1. The third kappa shape index (κ3) is 2.80. The molecule has 0 saturated carbocycles. The molecular weight excluding hydrogens is 270 g/mol. The summed E-state index contributed by atoms with van der Waals surface area (Å²) in [5.74, 6) is 1.08. The third-order valence-corrected chi connectivity index (χ3v) is 4.11. The Morgan fingerprint density at radius 1 is 1.45 bits per heavy atom. The topological polar surface area (TPSA) is 41.5 Å². The Morgan fingerprint density at radius 2 is 2.25 bits per heavy atom. The summed E-state index contributed by atoms with van der Waals surface area (Å²) in [6, 6.07) is 7.78. The van der Waals surface area contributed by atoms with Crippen molar-refractivity contribution < 1.29 is 9.84 Å². The second-order valence-corrected chi connectivity index (χ2v) is 5.40. The van der Waals surface area contributed by atoms with Crippen LogP contribution in [0.15, 0.2) is 30.8 Å². The Bertz CT molecular complexity index is 605. The van der Waals surface area contributed by atoms with Crippen LogP contribution in [0.25, 0.3) is 17.2 Å². The highest BCUT2D eigenvalue weighted by Gasteiger charge is 2.17. The van der Waals surface area contributed by atoms with Gasteiger partial charge in [0.15, 0.2) is 0 Å². The molecule has 0 aliphatic rings. The van der Waals surface area contributed by atoms with E-state index in [1.54, 1.807) is 6.08 Å². The van der Waals surface area contributed by atoms with Crippen molar-refractivity contribution in [1.82, 2.24) is 0 Å². The van der Waals surface area contributed by atoms with E-state index in [2.05, 4.69) is 18.8 Å². The van der Waals surface area contributed by atoms with Crippen LogP contribution in [0, 0.1) is 0 Å². The van der Waals surface area contributed by atoms with Gasteiger partial charge in [0, 0.05) is 7.05 Å². The minimum atomic E-state index is 0.266. The lowest BCUT2D eigenvalue weighted by Gasteiger charge is -2.08. The summed E-state index contributed by atoms with van der Waals surface area (Å²) in [5, 5.41) is 14.4. The van der Waals surface area contributed by atoms with E-state index in [4.69, 9.17) is 4.74 Å². The molecule has 2 aromatic rings. The fourth-order valence-corrected chi connectivity index (χ4v) is 2.90. The highest BCUT2D eigenvalue weighted by molar-refractivity contribution is 7.18. The van der Waals surface area contributed by atoms with Crippen LogP contribution in [0.4, 0.5) is 5.00 Å². The fourth-order valence-electron chi connectivity index (χ4n) is 1.98. The third-order valence-electron chi connectivity index (χ3n) is 2.92. The van der Waals surface area contributed by atoms with Gasteiger partial charge in [-0.3, -0.25) is 0 Å². The van der Waals surface area contributed by atoms with Gasteiger partial charge in [-0.2, -0.15) is 0 Å². The van der Waals surface area contributed by atoms with Crippen molar-refractivity contribution in [3.8, 4) is 22.6 Å². The summed E-state index contributed by atoms with van der Waals surface area (Å²) in [5.41, 5.74) is 1.74. The Balaban J connectivity index is 2.45. The maximum Gasteiger partial charge on any atom is 0.143 e. The first-order valence-corrected chi connectivity index (χ1v) is 7.42. The van der Waals surface area contributed by atoms with Gasteiger partial charge >= 0.3 is 0 Å². The van der Waals surface area contributed by atoms with E-state index in [0.29, 0.717) is 6.61 Å². The van der Waals surface area contributed by atoms with Crippen molar-refractivity contribution in [3.05, 3.63) is 35.7 Å². The molecule has 0 spiro atoms. The van der Waals surface area contributed by atoms with Crippen LogP contribution in [0.3, 0.4) is 0 Å². The Kier molecular flexibility index (Phi) is 4.69. The number of ether oxygens (including phenoxy) is 1. The smallest absolute Gasteiger partial charge is 0.143 e. The SMILES string of the molecule is C=Cc1sc(NC)c(-c2cccc(OCCC)c2)c1O. The molecule has 0 fully saturated rings. The molecule has 2 rings (SSSR count). The molecule has 1 heterocycles. The number of hydrogen-bond acceptors (Lipinski definition) is 4. The Hall–Kier alpha value is -1.94. The van der Waals surface area contributed by atoms with Crippen LogP contribution in [-0.4, -0.2) is 18.8 Å². The molecule has 1 aromatic heterocycles. The molecular formula is C16H19NO2S. The number of benzene rings is 1. The molecule has 0 unspecified atom stereocenters. The van der Waals surface area contributed by atoms with E-state index in [-0.39, 0.29) is 5.75 Å². The summed E-state index contributed by atoms with van der Waals surface area (Å²) >= 11 is 1.48. The van der Waals surface area contributed by atoms with Crippen LogP contribution in [0.1, 0.15) is 18.2 Å². The van der Waals surface area contributed by atoms with Crippen molar-refractivity contribution in [1.29, 1.82) is 0 Å². The highest BCUT2D eigenvalue weighted by Crippen LogP contribution is 2.46. The van der Waals surface area contributed by atoms with E-state index in [1.165, 1.54) is 11.3 Å². The summed E-state index contributed by atoms with van der Waals surface area (Å²) in [4.78, 5) is 0.768. The van der Waals surface area contributed by atoms with Gasteiger partial charge in [-0.25, -0.2) is 0 Å². The lowest BCUT2D eigenvalue weighted by atomic mass is 10.1. The number of hydrogen-bond donors (Lipinski definition) is 2. The van der Waals surface area contributed by atoms with E-state index in [0.717, 1.165) is 33.2 Å². The van der Waals surface area contributed by atoms with Crippen molar-refractivity contribution in [2.24, 2.45) is 0 Å². The molecule has 0 saturated heterocycles. The molecule has 1 aromatic carbocycles. The minimum Gasteiger partial charge on any atom is -0.506 e. The summed E-state index contributed by atoms with van der Waals surface area (Å²) < 4.78 is 5.65. The minimum absolute atomic E-state index is 0.266. The number of rotatable bonds is 6. The second kappa shape index (κ2) is 6.48. The van der Waals surface area contributed by atoms with Gasteiger partial charge in [-0.15, -0.1) is 11.3 Å². The standard InChI is InChI=1S/C16H19NO2S/c1-4-9-19-12-8-6-7-11(10-12)14-15(18)13(5-2)20-16(14)17-3/h5-8,10,17-18H,2,4,9H2,1,3H3. The van der Waals surface area contributed by atoms with Crippen molar-refractivity contribution in [3.63, 3.8) is 0 Å². The lowest BCUT2D eigenvalue weighted by molar-refractivity contribution is 0.317. The van der Waals surface area contributed by atoms with Crippen molar-refractivity contribution in [2.75, 3.05) is 19.0 Å². The van der Waals surface area contributed by atoms with Gasteiger partial charge in [-0.05, 0) is 30.2 Å². The normalized spacial score (nSPS) is 10.3. The number of anilines is 1. The molecule has 3 nitrogen and oxygen atoms in total. The van der Waals surface area contributed by atoms with E-state index >= 15 is 0 Å². The van der Waals surface area contributed by atoms with Gasteiger partial charge in [0.25, 0.3) is 0 Å². The van der Waals surface area contributed by atoms with Crippen LogP contribution < -0.4 is 10.1 Å². The van der Waals surface area contributed by atoms with Crippen LogP contribution in [0.2, 0.25) is 0 Å². The Labute approximate surface area is 123 Å². The maximum absolute atomic E-state index is 10.3. The Morgan fingerprint density at radius 3 is 2.90 bits per heavy atom. The molecule has 2 N–H and O–H groups in total. The highest BCUT2D eigenvalue weighted by atomic mass is 32.1. The van der Waals surface area contributed by atoms with Gasteiger partial charge in [0.05, 0.1) is 17.0 Å². The summed E-state index contributed by atoms with van der Waals surface area (Å²) in [6.07, 6.45) is 2.64. The van der Waals surface area contributed by atoms with Gasteiger partial charge in [0.2, 0.25) is 0 Å². The molecule has 0 amide bonds. The second-order valence-electron chi connectivity index (χ2n) is 4.35. The quantitative estimate of drug-likeness (QED) is 0.817. The fraction of sp³-hybridized carbons (Fsp3) is 0.250. The first kappa shape index (κ1) is 14.5. The van der Waals surface area contributed by atoms with E-state index < -0.39 is 0 Å². The monoisotopic (exact) mass is 289 g/mol. The molecule has 0 aliphatic carbocycles. The average molecular weight is 289 g/mol. The number of aromatic hydroxyl groups is 1. The van der Waals surface area contributed by atoms with Crippen LogP contribution >= 0.6 is 11.3 Å². The van der Waals surface area contributed by atoms with Gasteiger partial charge < -0.3 is 15.2 Å². The summed E-state index contributed by atoms with van der Waals surface area (Å²) in [7, 11) is 1.85. The lowest BCUT2D eigenvalue weighted by Crippen LogP contribution is -1.95. The molecule has 0 radical (unpaired) electrons. The average Bonchev–Trinajstić information content (AvgIpc) is 2.81. The first-order valence-electron chi connectivity index (χ1n) is 6.60. The molecule has 0 atom stereocenters. The predicted octanol–water partition coefficient (Wildman–Crippen LogP) is 4.59. The first-order chi connectivity index (χ1) is 9.71. The number of thiophene rings is 1. The van der Waals surface area contributed by atoms with Crippen LogP contribution in [0.5, 0.6) is 11.5 Å². The summed E-state index contributed by atoms with van der Waals surface area (Å²) in [6.45, 7) is 6.49. The van der Waals surface area contributed by atoms with Crippen molar-refractivity contribution in [2.45, 2.75) is 13.3 Å². The van der Waals surface area contributed by atoms with E-state index in [9.17, 15) is 5.11 Å². The van der Waals surface area contributed by atoms with Gasteiger partial charge in [0.1, 0.15) is 16.5 Å². The predicted molar refractivity (Wildman–Crippen MR) is 86.8 cm³/mol. The zero-order valence-electron chi connectivity index (χ0n) is 11.8. The molecule has 20 heavy (non-hydrogen) atoms. The zero-order valence-corrected chi connectivity index (χ0v) is 12.6. The van der Waals surface area contributed by atoms with Crippen LogP contribution in [-0.2, 0) is 0 Å². The zero-order chi connectivity index (χ0) is 14.5.